The second-order valence-electron chi connectivity index (χ2n) is 5.07. The molecule has 0 spiro atoms. The average Bonchev–Trinajstić information content (AvgIpc) is 2.55. The Morgan fingerprint density at radius 3 is 2.39 bits per heavy atom. The number of benzene rings is 2. The number of sulfonamides is 1. The summed E-state index contributed by atoms with van der Waals surface area (Å²) in [4.78, 5) is 15.6. The molecule has 6 heteroatoms. The first-order valence-corrected chi connectivity index (χ1v) is 8.43. The van der Waals surface area contributed by atoms with Crippen LogP contribution in [0.15, 0.2) is 65.7 Å². The Labute approximate surface area is 134 Å². The zero-order valence-electron chi connectivity index (χ0n) is 12.4. The molecule has 23 heavy (non-hydrogen) atoms. The van der Waals surface area contributed by atoms with Crippen molar-refractivity contribution in [3.63, 3.8) is 0 Å². The number of ketones is 1. The third kappa shape index (κ3) is 3.07. The minimum atomic E-state index is -3.75. The standard InChI is InChI=1S/C17H14N2O3S/c1-12(20)13-7-9-15(10-8-13)23(21,22)19-16-6-2-4-14-5-3-11-18-17(14)16/h2-11,19H,1H3. The Morgan fingerprint density at radius 1 is 1.00 bits per heavy atom. The van der Waals surface area contributed by atoms with Crippen LogP contribution < -0.4 is 4.72 Å². The van der Waals surface area contributed by atoms with Crippen LogP contribution in [0.25, 0.3) is 10.9 Å². The summed E-state index contributed by atoms with van der Waals surface area (Å²) >= 11 is 0. The van der Waals surface area contributed by atoms with Crippen molar-refractivity contribution in [3.8, 4) is 0 Å². The molecule has 3 aromatic rings. The molecule has 0 amide bonds. The van der Waals surface area contributed by atoms with Gasteiger partial charge in [0, 0.05) is 17.1 Å². The first-order chi connectivity index (χ1) is 11.0. The summed E-state index contributed by atoms with van der Waals surface area (Å²) in [5, 5.41) is 0.847. The van der Waals surface area contributed by atoms with Crippen molar-refractivity contribution in [2.75, 3.05) is 4.72 Å². The maximum Gasteiger partial charge on any atom is 0.261 e. The van der Waals surface area contributed by atoms with Crippen LogP contribution in [-0.4, -0.2) is 19.2 Å². The van der Waals surface area contributed by atoms with Crippen LogP contribution in [0.2, 0.25) is 0 Å². The zero-order valence-corrected chi connectivity index (χ0v) is 13.2. The van der Waals surface area contributed by atoms with Gasteiger partial charge in [0.05, 0.1) is 16.1 Å². The third-order valence-electron chi connectivity index (χ3n) is 3.45. The Kier molecular flexibility index (Phi) is 3.83. The lowest BCUT2D eigenvalue weighted by molar-refractivity contribution is 0.101. The van der Waals surface area contributed by atoms with Crippen molar-refractivity contribution < 1.29 is 13.2 Å². The normalized spacial score (nSPS) is 11.3. The average molecular weight is 326 g/mol. The van der Waals surface area contributed by atoms with Gasteiger partial charge in [0.1, 0.15) is 0 Å². The van der Waals surface area contributed by atoms with Crippen LogP contribution in [0.5, 0.6) is 0 Å². The van der Waals surface area contributed by atoms with E-state index < -0.39 is 10.0 Å². The molecule has 0 unspecified atom stereocenters. The summed E-state index contributed by atoms with van der Waals surface area (Å²) < 4.78 is 27.6. The fraction of sp³-hybridized carbons (Fsp3) is 0.0588. The molecule has 1 heterocycles. The molecule has 116 valence electrons. The van der Waals surface area contributed by atoms with Gasteiger partial charge >= 0.3 is 0 Å². The highest BCUT2D eigenvalue weighted by Crippen LogP contribution is 2.23. The Bertz CT molecular complexity index is 975. The Balaban J connectivity index is 1.98. The van der Waals surface area contributed by atoms with Gasteiger partial charge < -0.3 is 0 Å². The van der Waals surface area contributed by atoms with Gasteiger partial charge in [-0.3, -0.25) is 14.5 Å². The molecule has 0 aliphatic rings. The Hall–Kier alpha value is -2.73. The van der Waals surface area contributed by atoms with Gasteiger partial charge in [0.15, 0.2) is 5.78 Å². The van der Waals surface area contributed by atoms with Crippen molar-refractivity contribution >= 4 is 32.4 Å². The lowest BCUT2D eigenvalue weighted by Gasteiger charge is -2.10. The number of rotatable bonds is 4. The molecule has 0 bridgehead atoms. The number of anilines is 1. The number of para-hydroxylation sites is 1. The van der Waals surface area contributed by atoms with Crippen LogP contribution in [0.3, 0.4) is 0 Å². The first-order valence-electron chi connectivity index (χ1n) is 6.95. The van der Waals surface area contributed by atoms with Gasteiger partial charge in [-0.25, -0.2) is 8.42 Å². The lowest BCUT2D eigenvalue weighted by Crippen LogP contribution is -2.13. The number of aromatic nitrogens is 1. The summed E-state index contributed by atoms with van der Waals surface area (Å²) in [7, 11) is -3.75. The van der Waals surface area contributed by atoms with Crippen LogP contribution in [0.1, 0.15) is 17.3 Å². The van der Waals surface area contributed by atoms with E-state index in [4.69, 9.17) is 0 Å². The number of fused-ring (bicyclic) bond motifs is 1. The van der Waals surface area contributed by atoms with E-state index in [9.17, 15) is 13.2 Å². The van der Waals surface area contributed by atoms with Crippen LogP contribution >= 0.6 is 0 Å². The van der Waals surface area contributed by atoms with E-state index >= 15 is 0 Å². The van der Waals surface area contributed by atoms with Crippen molar-refractivity contribution in [1.29, 1.82) is 0 Å². The van der Waals surface area contributed by atoms with E-state index in [2.05, 4.69) is 9.71 Å². The van der Waals surface area contributed by atoms with Crippen LogP contribution in [0.4, 0.5) is 5.69 Å². The summed E-state index contributed by atoms with van der Waals surface area (Å²) in [6.45, 7) is 1.43. The lowest BCUT2D eigenvalue weighted by atomic mass is 10.2. The van der Waals surface area contributed by atoms with Crippen molar-refractivity contribution in [2.45, 2.75) is 11.8 Å². The Morgan fingerprint density at radius 2 is 1.70 bits per heavy atom. The molecule has 0 atom stereocenters. The zero-order chi connectivity index (χ0) is 16.4. The van der Waals surface area contributed by atoms with E-state index in [1.165, 1.54) is 31.2 Å². The molecular weight excluding hydrogens is 312 g/mol. The number of carbonyl (C=O) groups is 1. The first kappa shape index (κ1) is 15.2. The second kappa shape index (κ2) is 5.81. The minimum absolute atomic E-state index is 0.0930. The summed E-state index contributed by atoms with van der Waals surface area (Å²) in [6.07, 6.45) is 1.61. The maximum absolute atomic E-state index is 12.5. The molecule has 0 radical (unpaired) electrons. The molecular formula is C17H14N2O3S. The molecule has 1 aromatic heterocycles. The fourth-order valence-corrected chi connectivity index (χ4v) is 3.33. The molecule has 5 nitrogen and oxygen atoms in total. The fourth-order valence-electron chi connectivity index (χ4n) is 2.26. The van der Waals surface area contributed by atoms with Crippen molar-refractivity contribution in [1.82, 2.24) is 4.98 Å². The molecule has 0 fully saturated rings. The highest BCUT2D eigenvalue weighted by Gasteiger charge is 2.16. The molecule has 0 aliphatic carbocycles. The minimum Gasteiger partial charge on any atom is -0.295 e. The predicted octanol–water partition coefficient (Wildman–Crippen LogP) is 3.24. The number of carbonyl (C=O) groups excluding carboxylic acids is 1. The number of hydrogen-bond donors (Lipinski definition) is 1. The highest BCUT2D eigenvalue weighted by molar-refractivity contribution is 7.92. The second-order valence-corrected chi connectivity index (χ2v) is 6.75. The van der Waals surface area contributed by atoms with Crippen molar-refractivity contribution in [3.05, 3.63) is 66.4 Å². The van der Waals surface area contributed by atoms with Gasteiger partial charge in [-0.15, -0.1) is 0 Å². The molecule has 0 saturated heterocycles. The highest BCUT2D eigenvalue weighted by atomic mass is 32.2. The van der Waals surface area contributed by atoms with E-state index in [1.807, 2.05) is 12.1 Å². The maximum atomic E-state index is 12.5. The van der Waals surface area contributed by atoms with Crippen LogP contribution in [-0.2, 0) is 10.0 Å². The monoisotopic (exact) mass is 326 g/mol. The van der Waals surface area contributed by atoms with Gasteiger partial charge in [0.2, 0.25) is 0 Å². The largest absolute Gasteiger partial charge is 0.295 e. The summed E-state index contributed by atoms with van der Waals surface area (Å²) in [5.41, 5.74) is 1.47. The van der Waals surface area contributed by atoms with E-state index in [0.29, 0.717) is 16.8 Å². The number of Topliss-reactive ketones (excluding diaryl/α,β-unsaturated/α-hetero) is 1. The van der Waals surface area contributed by atoms with E-state index in [1.54, 1.807) is 24.4 Å². The summed E-state index contributed by atoms with van der Waals surface area (Å²) in [6, 6.07) is 14.8. The van der Waals surface area contributed by atoms with Gasteiger partial charge in [-0.1, -0.05) is 30.3 Å². The quantitative estimate of drug-likeness (QED) is 0.747. The molecule has 2 aromatic carbocycles. The van der Waals surface area contributed by atoms with Crippen molar-refractivity contribution in [2.24, 2.45) is 0 Å². The van der Waals surface area contributed by atoms with Gasteiger partial charge in [-0.2, -0.15) is 0 Å². The molecule has 1 N–H and O–H groups in total. The number of nitrogens with zero attached hydrogens (tertiary/aromatic N) is 1. The molecule has 0 saturated carbocycles. The topological polar surface area (TPSA) is 76.1 Å². The smallest absolute Gasteiger partial charge is 0.261 e. The number of hydrogen-bond acceptors (Lipinski definition) is 4. The van der Waals surface area contributed by atoms with E-state index in [-0.39, 0.29) is 10.7 Å². The van der Waals surface area contributed by atoms with Gasteiger partial charge in [-0.05, 0) is 31.2 Å². The summed E-state index contributed by atoms with van der Waals surface area (Å²) in [5.74, 6) is -0.111. The predicted molar refractivity (Wildman–Crippen MR) is 89.0 cm³/mol. The molecule has 3 rings (SSSR count). The van der Waals surface area contributed by atoms with Gasteiger partial charge in [0.25, 0.3) is 10.0 Å². The van der Waals surface area contributed by atoms with Crippen LogP contribution in [0, 0.1) is 0 Å². The molecule has 0 aliphatic heterocycles. The number of pyridine rings is 1. The number of nitrogens with one attached hydrogen (secondary N) is 1. The third-order valence-corrected chi connectivity index (χ3v) is 4.83. The van der Waals surface area contributed by atoms with E-state index in [0.717, 1.165) is 5.39 Å². The SMILES string of the molecule is CC(=O)c1ccc(S(=O)(=O)Nc2cccc3cccnc23)cc1.